The molecule has 0 radical (unpaired) electrons. The van der Waals surface area contributed by atoms with Crippen LogP contribution in [0.15, 0.2) is 47.3 Å². The number of aromatic nitrogens is 1. The zero-order valence-corrected chi connectivity index (χ0v) is 15.3. The number of hydrogen-bond donors (Lipinski definition) is 2. The lowest BCUT2D eigenvalue weighted by Gasteiger charge is -2.09. The Morgan fingerprint density at radius 3 is 2.77 bits per heavy atom. The van der Waals surface area contributed by atoms with Crippen LogP contribution in [-0.4, -0.2) is 18.0 Å². The van der Waals surface area contributed by atoms with E-state index in [1.165, 1.54) is 0 Å². The van der Waals surface area contributed by atoms with Gasteiger partial charge in [-0.1, -0.05) is 17.7 Å². The van der Waals surface area contributed by atoms with E-state index in [9.17, 15) is 9.59 Å². The molecule has 0 aliphatic carbocycles. The number of H-pyrrole nitrogens is 1. The van der Waals surface area contributed by atoms with Gasteiger partial charge in [0.05, 0.1) is 12.6 Å². The Morgan fingerprint density at radius 2 is 2.00 bits per heavy atom. The van der Waals surface area contributed by atoms with Gasteiger partial charge in [0.15, 0.2) is 0 Å². The highest BCUT2D eigenvalue weighted by molar-refractivity contribution is 6.31. The van der Waals surface area contributed by atoms with Crippen molar-refractivity contribution in [1.29, 1.82) is 0 Å². The summed E-state index contributed by atoms with van der Waals surface area (Å²) in [4.78, 5) is 27.3. The summed E-state index contributed by atoms with van der Waals surface area (Å²) in [7, 11) is 1.58. The van der Waals surface area contributed by atoms with Crippen molar-refractivity contribution in [2.45, 2.75) is 19.8 Å². The number of aryl methyl sites for hydroxylation is 2. The first kappa shape index (κ1) is 18.0. The molecule has 0 saturated heterocycles. The maximum absolute atomic E-state index is 12.3. The van der Waals surface area contributed by atoms with Crippen LogP contribution in [-0.2, 0) is 11.2 Å². The number of benzene rings is 2. The minimum atomic E-state index is -0.197. The molecule has 134 valence electrons. The molecular formula is C20H19ClN2O3. The van der Waals surface area contributed by atoms with Crippen LogP contribution in [0.2, 0.25) is 5.02 Å². The van der Waals surface area contributed by atoms with Gasteiger partial charge in [-0.3, -0.25) is 9.59 Å². The second-order valence-electron chi connectivity index (χ2n) is 6.08. The fourth-order valence-electron chi connectivity index (χ4n) is 2.73. The van der Waals surface area contributed by atoms with Gasteiger partial charge in [-0.25, -0.2) is 0 Å². The van der Waals surface area contributed by atoms with E-state index >= 15 is 0 Å². The number of pyridine rings is 1. The molecule has 6 heteroatoms. The minimum absolute atomic E-state index is 0.162. The molecule has 0 spiro atoms. The molecule has 1 heterocycles. The van der Waals surface area contributed by atoms with Gasteiger partial charge in [0.25, 0.3) is 5.56 Å². The lowest BCUT2D eigenvalue weighted by molar-refractivity contribution is -0.116. The van der Waals surface area contributed by atoms with Crippen molar-refractivity contribution >= 4 is 34.1 Å². The van der Waals surface area contributed by atoms with Crippen molar-refractivity contribution in [1.82, 2.24) is 4.98 Å². The highest BCUT2D eigenvalue weighted by Gasteiger charge is 2.09. The second-order valence-corrected chi connectivity index (χ2v) is 6.52. The molecule has 2 aromatic carbocycles. The van der Waals surface area contributed by atoms with Crippen molar-refractivity contribution < 1.29 is 9.53 Å². The Balaban J connectivity index is 1.72. The molecule has 3 aromatic rings. The molecule has 1 aromatic heterocycles. The van der Waals surface area contributed by atoms with Crippen LogP contribution < -0.4 is 15.6 Å². The number of amides is 1. The summed E-state index contributed by atoms with van der Waals surface area (Å²) >= 11 is 5.97. The smallest absolute Gasteiger partial charge is 0.251 e. The van der Waals surface area contributed by atoms with Gasteiger partial charge >= 0.3 is 0 Å². The number of fused-ring (bicyclic) bond motifs is 1. The van der Waals surface area contributed by atoms with E-state index in [0.29, 0.717) is 34.0 Å². The summed E-state index contributed by atoms with van der Waals surface area (Å²) in [5, 5.41) is 4.30. The summed E-state index contributed by atoms with van der Waals surface area (Å²) in [5.41, 5.74) is 2.69. The van der Waals surface area contributed by atoms with E-state index in [2.05, 4.69) is 10.3 Å². The standard InChI is InChI=1S/C20H19ClN2O3/c1-12-3-6-15(21)10-17(12)22-19(24)8-5-14-9-13-4-7-16(26-2)11-18(13)23-20(14)25/h3-4,6-7,9-11H,5,8H2,1-2H3,(H,22,24)(H,23,25). The number of ether oxygens (including phenoxy) is 1. The number of rotatable bonds is 5. The average Bonchev–Trinajstić information content (AvgIpc) is 2.62. The van der Waals surface area contributed by atoms with E-state index in [-0.39, 0.29) is 17.9 Å². The van der Waals surface area contributed by atoms with Crippen LogP contribution >= 0.6 is 11.6 Å². The Labute approximate surface area is 156 Å². The quantitative estimate of drug-likeness (QED) is 0.711. The summed E-state index contributed by atoms with van der Waals surface area (Å²) in [5.74, 6) is 0.516. The number of aromatic amines is 1. The number of halogens is 1. The van der Waals surface area contributed by atoms with Crippen molar-refractivity contribution in [3.8, 4) is 5.75 Å². The molecule has 0 aliphatic rings. The van der Waals surface area contributed by atoms with E-state index in [1.54, 1.807) is 25.3 Å². The van der Waals surface area contributed by atoms with E-state index < -0.39 is 0 Å². The van der Waals surface area contributed by atoms with Crippen LogP contribution in [0.4, 0.5) is 5.69 Å². The molecular weight excluding hydrogens is 352 g/mol. The number of methoxy groups -OCH3 is 1. The monoisotopic (exact) mass is 370 g/mol. The summed E-state index contributed by atoms with van der Waals surface area (Å²) in [6.07, 6.45) is 0.555. The third-order valence-electron chi connectivity index (χ3n) is 4.23. The first-order valence-corrected chi connectivity index (χ1v) is 8.60. The number of carbonyl (C=O) groups excluding carboxylic acids is 1. The SMILES string of the molecule is COc1ccc2cc(CCC(=O)Nc3cc(Cl)ccc3C)c(=O)[nH]c2c1. The van der Waals surface area contributed by atoms with Crippen molar-refractivity contribution in [3.05, 3.63) is 69.0 Å². The number of anilines is 1. The fraction of sp³-hybridized carbons (Fsp3) is 0.200. The second kappa shape index (κ2) is 7.62. The normalized spacial score (nSPS) is 10.7. The minimum Gasteiger partial charge on any atom is -0.497 e. The summed E-state index contributed by atoms with van der Waals surface area (Å²) in [6.45, 7) is 1.90. The third-order valence-corrected chi connectivity index (χ3v) is 4.46. The van der Waals surface area contributed by atoms with Crippen molar-refractivity contribution in [2.75, 3.05) is 12.4 Å². The van der Waals surface area contributed by atoms with Gasteiger partial charge in [0.1, 0.15) is 5.75 Å². The van der Waals surface area contributed by atoms with Crippen LogP contribution in [0.3, 0.4) is 0 Å². The largest absolute Gasteiger partial charge is 0.497 e. The Hall–Kier alpha value is -2.79. The Morgan fingerprint density at radius 1 is 1.19 bits per heavy atom. The molecule has 0 fully saturated rings. The number of carbonyl (C=O) groups is 1. The van der Waals surface area contributed by atoms with E-state index in [1.807, 2.05) is 31.2 Å². The third kappa shape index (κ3) is 4.06. The topological polar surface area (TPSA) is 71.2 Å². The Bertz CT molecular complexity index is 1030. The number of hydrogen-bond acceptors (Lipinski definition) is 3. The molecule has 1 amide bonds. The van der Waals surface area contributed by atoms with E-state index in [0.717, 1.165) is 10.9 Å². The molecule has 5 nitrogen and oxygen atoms in total. The zero-order chi connectivity index (χ0) is 18.7. The molecule has 0 aliphatic heterocycles. The van der Waals surface area contributed by atoms with Gasteiger partial charge in [0.2, 0.25) is 5.91 Å². The molecule has 26 heavy (non-hydrogen) atoms. The molecule has 3 rings (SSSR count). The van der Waals surface area contributed by atoms with Crippen LogP contribution in [0.1, 0.15) is 17.5 Å². The molecule has 0 saturated carbocycles. The highest BCUT2D eigenvalue weighted by Crippen LogP contribution is 2.21. The average molecular weight is 371 g/mol. The van der Waals surface area contributed by atoms with Crippen LogP contribution in [0, 0.1) is 6.92 Å². The van der Waals surface area contributed by atoms with Crippen LogP contribution in [0.5, 0.6) is 5.75 Å². The molecule has 2 N–H and O–H groups in total. The molecule has 0 bridgehead atoms. The maximum Gasteiger partial charge on any atom is 0.251 e. The number of nitrogens with one attached hydrogen (secondary N) is 2. The predicted molar refractivity (Wildman–Crippen MR) is 104 cm³/mol. The van der Waals surface area contributed by atoms with Gasteiger partial charge in [-0.2, -0.15) is 0 Å². The molecule has 0 atom stereocenters. The van der Waals surface area contributed by atoms with Gasteiger partial charge in [0, 0.05) is 28.8 Å². The lowest BCUT2D eigenvalue weighted by atomic mass is 10.1. The van der Waals surface area contributed by atoms with Gasteiger partial charge < -0.3 is 15.0 Å². The first-order valence-electron chi connectivity index (χ1n) is 8.22. The Kier molecular flexibility index (Phi) is 5.28. The van der Waals surface area contributed by atoms with E-state index in [4.69, 9.17) is 16.3 Å². The summed E-state index contributed by atoms with van der Waals surface area (Å²) in [6, 6.07) is 12.6. The van der Waals surface area contributed by atoms with Crippen molar-refractivity contribution in [2.24, 2.45) is 0 Å². The molecule has 0 unspecified atom stereocenters. The highest BCUT2D eigenvalue weighted by atomic mass is 35.5. The first-order chi connectivity index (χ1) is 12.5. The van der Waals surface area contributed by atoms with Gasteiger partial charge in [-0.05, 0) is 54.6 Å². The van der Waals surface area contributed by atoms with Gasteiger partial charge in [-0.15, -0.1) is 0 Å². The summed E-state index contributed by atoms with van der Waals surface area (Å²) < 4.78 is 5.16. The van der Waals surface area contributed by atoms with Crippen LogP contribution in [0.25, 0.3) is 10.9 Å². The fourth-order valence-corrected chi connectivity index (χ4v) is 2.90. The predicted octanol–water partition coefficient (Wildman–Crippen LogP) is 4.07. The lowest BCUT2D eigenvalue weighted by Crippen LogP contribution is -2.17. The van der Waals surface area contributed by atoms with Crippen molar-refractivity contribution in [3.63, 3.8) is 0 Å². The zero-order valence-electron chi connectivity index (χ0n) is 14.6. The maximum atomic E-state index is 12.3.